The largest absolute Gasteiger partial charge is 0.388 e. The average molecular weight is 324 g/mol. The number of rotatable bonds is 4. The first-order valence-corrected chi connectivity index (χ1v) is 7.75. The Morgan fingerprint density at radius 1 is 1.52 bits per heavy atom. The van der Waals surface area contributed by atoms with Crippen molar-refractivity contribution in [2.24, 2.45) is 0 Å². The van der Waals surface area contributed by atoms with Gasteiger partial charge in [-0.05, 0) is 25.8 Å². The molecule has 128 valence electrons. The number of likely N-dealkylation sites (tertiary alicyclic amines) is 1. The molecule has 0 saturated carbocycles. The molecule has 23 heavy (non-hydrogen) atoms. The van der Waals surface area contributed by atoms with E-state index in [1.54, 1.807) is 13.0 Å². The van der Waals surface area contributed by atoms with E-state index in [1.807, 2.05) is 6.92 Å². The van der Waals surface area contributed by atoms with Crippen LogP contribution in [0.2, 0.25) is 0 Å². The Morgan fingerprint density at radius 2 is 2.22 bits per heavy atom. The Bertz CT molecular complexity index is 600. The Labute approximate surface area is 135 Å². The summed E-state index contributed by atoms with van der Waals surface area (Å²) in [4.78, 5) is 25.4. The number of carbonyl (C=O) groups excluding carboxylic acids is 2. The Balaban J connectivity index is 2.10. The van der Waals surface area contributed by atoms with Crippen LogP contribution >= 0.6 is 0 Å². The molecule has 2 atom stereocenters. The summed E-state index contributed by atoms with van der Waals surface area (Å²) >= 11 is 0. The molecular formula is C15H24N4O4. The Morgan fingerprint density at radius 3 is 2.78 bits per heavy atom. The molecule has 0 aromatic carbocycles. The van der Waals surface area contributed by atoms with Gasteiger partial charge in [0.2, 0.25) is 5.91 Å². The first kappa shape index (κ1) is 17.4. The molecule has 8 nitrogen and oxygen atoms in total. The standard InChI is InChI=1S/C15H24N4O4/c1-4-15(23)5-6-18(8-12(15)20)14(22)11-7-10(2)19(17-11)9-13(21)16-3/h7,12,20,23H,4-6,8-9H2,1-3H3,(H,16,21)/t12-,15-/m0/s1. The Hall–Kier alpha value is -1.93. The van der Waals surface area contributed by atoms with Crippen molar-refractivity contribution >= 4 is 11.8 Å². The van der Waals surface area contributed by atoms with Crippen molar-refractivity contribution in [3.05, 3.63) is 17.5 Å². The minimum Gasteiger partial charge on any atom is -0.388 e. The monoisotopic (exact) mass is 324 g/mol. The fourth-order valence-electron chi connectivity index (χ4n) is 2.71. The zero-order chi connectivity index (χ0) is 17.2. The molecule has 1 aliphatic heterocycles. The summed E-state index contributed by atoms with van der Waals surface area (Å²) < 4.78 is 1.47. The third-order valence-electron chi connectivity index (χ3n) is 4.50. The molecule has 0 bridgehead atoms. The van der Waals surface area contributed by atoms with Crippen molar-refractivity contribution in [3.8, 4) is 0 Å². The highest BCUT2D eigenvalue weighted by Crippen LogP contribution is 2.26. The van der Waals surface area contributed by atoms with Crippen molar-refractivity contribution < 1.29 is 19.8 Å². The van der Waals surface area contributed by atoms with Crippen molar-refractivity contribution in [2.45, 2.75) is 44.9 Å². The van der Waals surface area contributed by atoms with Crippen molar-refractivity contribution in [3.63, 3.8) is 0 Å². The number of β-amino-alcohol motifs (C(OH)–C–C–N with tert-alkyl or cyclic N) is 1. The summed E-state index contributed by atoms with van der Waals surface area (Å²) in [5.41, 5.74) is -0.189. The fourth-order valence-corrected chi connectivity index (χ4v) is 2.71. The van der Waals surface area contributed by atoms with Crippen LogP contribution in [-0.4, -0.2) is 68.6 Å². The summed E-state index contributed by atoms with van der Waals surface area (Å²) in [5, 5.41) is 27.0. The zero-order valence-electron chi connectivity index (χ0n) is 13.7. The van der Waals surface area contributed by atoms with E-state index in [1.165, 1.54) is 16.6 Å². The lowest BCUT2D eigenvalue weighted by atomic mass is 9.86. The highest BCUT2D eigenvalue weighted by atomic mass is 16.3. The quantitative estimate of drug-likeness (QED) is 0.678. The summed E-state index contributed by atoms with van der Waals surface area (Å²) in [5.74, 6) is -0.502. The second-order valence-corrected chi connectivity index (χ2v) is 5.98. The highest BCUT2D eigenvalue weighted by Gasteiger charge is 2.40. The average Bonchev–Trinajstić information content (AvgIpc) is 2.90. The number of nitrogens with zero attached hydrogens (tertiary/aromatic N) is 3. The molecule has 1 aromatic rings. The van der Waals surface area contributed by atoms with Crippen LogP contribution in [0.1, 0.15) is 35.9 Å². The van der Waals surface area contributed by atoms with Gasteiger partial charge in [-0.1, -0.05) is 6.92 Å². The van der Waals surface area contributed by atoms with E-state index < -0.39 is 11.7 Å². The topological polar surface area (TPSA) is 108 Å². The van der Waals surface area contributed by atoms with E-state index in [2.05, 4.69) is 10.4 Å². The van der Waals surface area contributed by atoms with Crippen molar-refractivity contribution in [1.82, 2.24) is 20.0 Å². The molecule has 1 aliphatic rings. The van der Waals surface area contributed by atoms with Crippen LogP contribution in [0, 0.1) is 6.92 Å². The fraction of sp³-hybridized carbons (Fsp3) is 0.667. The predicted octanol–water partition coefficient (Wildman–Crippen LogP) is -0.715. The summed E-state index contributed by atoms with van der Waals surface area (Å²) in [6.45, 7) is 4.07. The Kier molecular flexibility index (Phi) is 5.06. The van der Waals surface area contributed by atoms with Crippen LogP contribution in [-0.2, 0) is 11.3 Å². The van der Waals surface area contributed by atoms with Gasteiger partial charge in [-0.3, -0.25) is 14.3 Å². The molecule has 2 amide bonds. The lowest BCUT2D eigenvalue weighted by Crippen LogP contribution is -2.56. The van der Waals surface area contributed by atoms with Gasteiger partial charge in [0.05, 0.1) is 5.60 Å². The third kappa shape index (κ3) is 3.53. The van der Waals surface area contributed by atoms with E-state index in [0.717, 1.165) is 0 Å². The number of aliphatic hydroxyl groups excluding tert-OH is 1. The summed E-state index contributed by atoms with van der Waals surface area (Å²) in [6.07, 6.45) is -0.205. The van der Waals surface area contributed by atoms with Gasteiger partial charge >= 0.3 is 0 Å². The lowest BCUT2D eigenvalue weighted by Gasteiger charge is -2.41. The molecule has 1 saturated heterocycles. The van der Waals surface area contributed by atoms with Gasteiger partial charge in [0.25, 0.3) is 5.91 Å². The van der Waals surface area contributed by atoms with Crippen molar-refractivity contribution in [2.75, 3.05) is 20.1 Å². The molecule has 2 heterocycles. The lowest BCUT2D eigenvalue weighted by molar-refractivity contribution is -0.121. The number of nitrogens with one attached hydrogen (secondary N) is 1. The van der Waals surface area contributed by atoms with Crippen LogP contribution in [0.4, 0.5) is 0 Å². The first-order valence-electron chi connectivity index (χ1n) is 7.75. The number of carbonyl (C=O) groups is 2. The number of amides is 2. The molecular weight excluding hydrogens is 300 g/mol. The van der Waals surface area contributed by atoms with Gasteiger partial charge in [-0.25, -0.2) is 0 Å². The minimum absolute atomic E-state index is 0.0494. The van der Waals surface area contributed by atoms with Gasteiger partial charge in [-0.15, -0.1) is 0 Å². The molecule has 1 fully saturated rings. The van der Waals surface area contributed by atoms with Crippen LogP contribution in [0.15, 0.2) is 6.07 Å². The molecule has 0 spiro atoms. The molecule has 8 heteroatoms. The van der Waals surface area contributed by atoms with E-state index in [9.17, 15) is 19.8 Å². The number of piperidine rings is 1. The smallest absolute Gasteiger partial charge is 0.274 e. The van der Waals surface area contributed by atoms with Crippen LogP contribution in [0.25, 0.3) is 0 Å². The van der Waals surface area contributed by atoms with Gasteiger partial charge in [0.15, 0.2) is 5.69 Å². The number of aromatic nitrogens is 2. The number of likely N-dealkylation sites (N-methyl/N-ethyl adjacent to an activating group) is 1. The molecule has 0 unspecified atom stereocenters. The number of aliphatic hydroxyl groups is 2. The number of hydrogen-bond acceptors (Lipinski definition) is 5. The first-order chi connectivity index (χ1) is 10.8. The van der Waals surface area contributed by atoms with Gasteiger partial charge < -0.3 is 20.4 Å². The molecule has 3 N–H and O–H groups in total. The van der Waals surface area contributed by atoms with Gasteiger partial charge in [0.1, 0.15) is 12.6 Å². The van der Waals surface area contributed by atoms with Crippen LogP contribution in [0.5, 0.6) is 0 Å². The van der Waals surface area contributed by atoms with E-state index in [0.29, 0.717) is 25.1 Å². The third-order valence-corrected chi connectivity index (χ3v) is 4.50. The van der Waals surface area contributed by atoms with E-state index >= 15 is 0 Å². The maximum atomic E-state index is 12.5. The summed E-state index contributed by atoms with van der Waals surface area (Å²) in [7, 11) is 1.54. The van der Waals surface area contributed by atoms with E-state index in [4.69, 9.17) is 0 Å². The maximum Gasteiger partial charge on any atom is 0.274 e. The number of aryl methyl sites for hydroxylation is 1. The van der Waals surface area contributed by atoms with Crippen LogP contribution in [0.3, 0.4) is 0 Å². The zero-order valence-corrected chi connectivity index (χ0v) is 13.7. The minimum atomic E-state index is -1.13. The summed E-state index contributed by atoms with van der Waals surface area (Å²) in [6, 6.07) is 1.62. The second-order valence-electron chi connectivity index (χ2n) is 5.98. The highest BCUT2D eigenvalue weighted by molar-refractivity contribution is 5.92. The van der Waals surface area contributed by atoms with Gasteiger partial charge in [-0.2, -0.15) is 5.10 Å². The maximum absolute atomic E-state index is 12.5. The van der Waals surface area contributed by atoms with Crippen LogP contribution < -0.4 is 5.32 Å². The molecule has 0 radical (unpaired) electrons. The second kappa shape index (κ2) is 6.67. The van der Waals surface area contributed by atoms with Crippen molar-refractivity contribution in [1.29, 1.82) is 0 Å². The molecule has 1 aromatic heterocycles. The van der Waals surface area contributed by atoms with Gasteiger partial charge in [0, 0.05) is 25.8 Å². The predicted molar refractivity (Wildman–Crippen MR) is 82.8 cm³/mol. The van der Waals surface area contributed by atoms with E-state index in [-0.39, 0.29) is 30.6 Å². The SMILES string of the molecule is CC[C@]1(O)CCN(C(=O)c2cc(C)n(CC(=O)NC)n2)C[C@@H]1O. The number of hydrogen-bond donors (Lipinski definition) is 3. The molecule has 2 rings (SSSR count). The molecule has 0 aliphatic carbocycles. The normalized spacial score (nSPS) is 24.6.